The molecule has 1 atom stereocenters. The van der Waals surface area contributed by atoms with E-state index in [1.807, 2.05) is 12.1 Å². The van der Waals surface area contributed by atoms with Crippen LogP contribution >= 0.6 is 11.6 Å². The Labute approximate surface area is 164 Å². The van der Waals surface area contributed by atoms with Crippen molar-refractivity contribution < 1.29 is 19.2 Å². The van der Waals surface area contributed by atoms with Crippen molar-refractivity contribution in [2.45, 2.75) is 38.6 Å². The molecule has 2 heterocycles. The Hall–Kier alpha value is -2.05. The number of halogens is 1. The predicted molar refractivity (Wildman–Crippen MR) is 104 cm³/mol. The molecule has 3 rings (SSSR count). The number of amides is 2. The number of esters is 1. The second-order valence-corrected chi connectivity index (χ2v) is 7.47. The van der Waals surface area contributed by atoms with E-state index in [0.717, 1.165) is 18.7 Å². The van der Waals surface area contributed by atoms with Crippen LogP contribution in [0.25, 0.3) is 0 Å². The van der Waals surface area contributed by atoms with Gasteiger partial charge in [-0.25, -0.2) is 9.59 Å². The van der Waals surface area contributed by atoms with Crippen molar-refractivity contribution in [2.75, 3.05) is 26.2 Å². The molecule has 1 fully saturated rings. The number of carbonyl (C=O) groups excluding carboxylic acids is 2. The third-order valence-electron chi connectivity index (χ3n) is 5.09. The summed E-state index contributed by atoms with van der Waals surface area (Å²) in [6, 6.07) is 6.33. The summed E-state index contributed by atoms with van der Waals surface area (Å²) in [5.41, 5.74) is 1.95. The van der Waals surface area contributed by atoms with E-state index in [2.05, 4.69) is 10.6 Å². The molecule has 0 aliphatic carbocycles. The third-order valence-corrected chi connectivity index (χ3v) is 5.34. The number of hydrogen-bond acceptors (Lipinski definition) is 3. The predicted octanol–water partition coefficient (Wildman–Crippen LogP) is 1.97. The van der Waals surface area contributed by atoms with Crippen molar-refractivity contribution in [3.8, 4) is 0 Å². The van der Waals surface area contributed by atoms with Gasteiger partial charge in [-0.3, -0.25) is 0 Å². The van der Waals surface area contributed by atoms with E-state index in [1.165, 1.54) is 30.6 Å². The van der Waals surface area contributed by atoms with Crippen molar-refractivity contribution in [3.63, 3.8) is 0 Å². The Balaban J connectivity index is 1.96. The lowest BCUT2D eigenvalue weighted by Gasteiger charge is -2.30. The molecule has 0 saturated carbocycles. The largest absolute Gasteiger partial charge is 0.463 e. The Morgan fingerprint density at radius 1 is 1.19 bits per heavy atom. The fourth-order valence-electron chi connectivity index (χ4n) is 3.77. The molecule has 2 amide bonds. The first-order valence-electron chi connectivity index (χ1n) is 9.65. The SMILES string of the molecule is CCOC(=O)C1=C(C[NH+]2CCCCCC2)NC(=O)N[C@@H]1c1ccc(Cl)cc1. The standard InChI is InChI=1S/C20H26ClN3O3/c1-2-27-19(25)17-16(13-24-11-5-3-4-6-12-24)22-20(26)23-18(17)14-7-9-15(21)10-8-14/h7-10,18H,2-6,11-13H2,1H3,(H2,22,23,26)/p+1/t18-/m1/s1. The lowest BCUT2D eigenvalue weighted by molar-refractivity contribution is -0.894. The van der Waals surface area contributed by atoms with Gasteiger partial charge in [0.05, 0.1) is 37.0 Å². The molecule has 146 valence electrons. The Kier molecular flexibility index (Phi) is 6.74. The van der Waals surface area contributed by atoms with E-state index >= 15 is 0 Å². The summed E-state index contributed by atoms with van der Waals surface area (Å²) in [4.78, 5) is 26.5. The van der Waals surface area contributed by atoms with E-state index in [4.69, 9.17) is 16.3 Å². The van der Waals surface area contributed by atoms with Gasteiger partial charge in [0.15, 0.2) is 0 Å². The van der Waals surface area contributed by atoms with E-state index in [0.29, 0.717) is 22.8 Å². The number of hydrogen-bond donors (Lipinski definition) is 3. The van der Waals surface area contributed by atoms with E-state index < -0.39 is 12.0 Å². The molecule has 0 spiro atoms. The van der Waals surface area contributed by atoms with Gasteiger partial charge in [0.25, 0.3) is 0 Å². The maximum Gasteiger partial charge on any atom is 0.338 e. The van der Waals surface area contributed by atoms with Crippen molar-refractivity contribution in [1.29, 1.82) is 0 Å². The minimum atomic E-state index is -0.545. The zero-order chi connectivity index (χ0) is 19.2. The van der Waals surface area contributed by atoms with Crippen LogP contribution in [-0.4, -0.2) is 38.2 Å². The normalized spacial score (nSPS) is 21.3. The number of ether oxygens (including phenoxy) is 1. The molecule has 6 nitrogen and oxygen atoms in total. The van der Waals surface area contributed by atoms with Crippen molar-refractivity contribution in [1.82, 2.24) is 10.6 Å². The third kappa shape index (κ3) is 5.02. The van der Waals surface area contributed by atoms with Gasteiger partial charge in [0.1, 0.15) is 6.54 Å². The summed E-state index contributed by atoms with van der Waals surface area (Å²) in [6.45, 7) is 4.78. The van der Waals surface area contributed by atoms with Gasteiger partial charge in [-0.05, 0) is 50.3 Å². The maximum absolute atomic E-state index is 12.8. The molecule has 1 aromatic rings. The highest BCUT2D eigenvalue weighted by molar-refractivity contribution is 6.30. The highest BCUT2D eigenvalue weighted by Gasteiger charge is 2.35. The van der Waals surface area contributed by atoms with Crippen molar-refractivity contribution in [3.05, 3.63) is 46.1 Å². The highest BCUT2D eigenvalue weighted by atomic mass is 35.5. The molecule has 1 aromatic carbocycles. The smallest absolute Gasteiger partial charge is 0.338 e. The van der Waals surface area contributed by atoms with Crippen molar-refractivity contribution >= 4 is 23.6 Å². The number of rotatable bonds is 5. The summed E-state index contributed by atoms with van der Waals surface area (Å²) in [5, 5.41) is 6.33. The number of nitrogens with one attached hydrogen (secondary N) is 3. The quantitative estimate of drug-likeness (QED) is 0.671. The minimum Gasteiger partial charge on any atom is -0.463 e. The van der Waals surface area contributed by atoms with Crippen LogP contribution in [0, 0.1) is 0 Å². The van der Waals surface area contributed by atoms with E-state index in [1.54, 1.807) is 19.1 Å². The molecular weight excluding hydrogens is 366 g/mol. The average molecular weight is 393 g/mol. The number of likely N-dealkylation sites (tertiary alicyclic amines) is 1. The molecule has 2 aliphatic heterocycles. The molecule has 27 heavy (non-hydrogen) atoms. The summed E-state index contributed by atoms with van der Waals surface area (Å²) >= 11 is 5.99. The first-order valence-corrected chi connectivity index (χ1v) is 10.0. The number of urea groups is 1. The van der Waals surface area contributed by atoms with Crippen LogP contribution in [0.5, 0.6) is 0 Å². The molecule has 0 aromatic heterocycles. The second kappa shape index (κ2) is 9.24. The average Bonchev–Trinajstić information content (AvgIpc) is 2.90. The Morgan fingerprint density at radius 3 is 2.48 bits per heavy atom. The number of carbonyl (C=O) groups is 2. The summed E-state index contributed by atoms with van der Waals surface area (Å²) < 4.78 is 5.31. The van der Waals surface area contributed by atoms with Crippen LogP contribution in [0.15, 0.2) is 35.5 Å². The lowest BCUT2D eigenvalue weighted by atomic mass is 9.95. The molecular formula is C20H27ClN3O3+. The molecule has 0 radical (unpaired) electrons. The number of quaternary nitrogens is 1. The van der Waals surface area contributed by atoms with Gasteiger partial charge >= 0.3 is 12.0 Å². The highest BCUT2D eigenvalue weighted by Crippen LogP contribution is 2.28. The van der Waals surface area contributed by atoms with Crippen LogP contribution in [0.4, 0.5) is 4.79 Å². The van der Waals surface area contributed by atoms with Crippen molar-refractivity contribution in [2.24, 2.45) is 0 Å². The van der Waals surface area contributed by atoms with Gasteiger partial charge in [-0.15, -0.1) is 0 Å². The zero-order valence-corrected chi connectivity index (χ0v) is 16.4. The topological polar surface area (TPSA) is 71.9 Å². The molecule has 0 unspecified atom stereocenters. The monoisotopic (exact) mass is 392 g/mol. The first kappa shape index (κ1) is 19.7. The van der Waals surface area contributed by atoms with Gasteiger partial charge in [-0.1, -0.05) is 23.7 Å². The van der Waals surface area contributed by atoms with E-state index in [9.17, 15) is 9.59 Å². The fourth-order valence-corrected chi connectivity index (χ4v) is 3.89. The van der Waals surface area contributed by atoms with Gasteiger partial charge in [0.2, 0.25) is 0 Å². The first-order chi connectivity index (χ1) is 13.1. The van der Waals surface area contributed by atoms with E-state index in [-0.39, 0.29) is 12.6 Å². The fraction of sp³-hybridized carbons (Fsp3) is 0.500. The zero-order valence-electron chi connectivity index (χ0n) is 15.6. The molecule has 7 heteroatoms. The lowest BCUT2D eigenvalue weighted by Crippen LogP contribution is -3.12. The van der Waals surface area contributed by atoms with Gasteiger partial charge < -0.3 is 20.3 Å². The van der Waals surface area contributed by atoms with Gasteiger partial charge in [0, 0.05) is 5.02 Å². The summed E-state index contributed by atoms with van der Waals surface area (Å²) in [7, 11) is 0. The number of benzene rings is 1. The molecule has 0 bridgehead atoms. The van der Waals surface area contributed by atoms with Crippen LogP contribution < -0.4 is 15.5 Å². The Bertz CT molecular complexity index is 710. The molecule has 2 aliphatic rings. The van der Waals surface area contributed by atoms with Gasteiger partial charge in [-0.2, -0.15) is 0 Å². The summed E-state index contributed by atoms with van der Waals surface area (Å²) in [5.74, 6) is -0.394. The molecule has 1 saturated heterocycles. The van der Waals surface area contributed by atoms with Crippen LogP contribution in [0.2, 0.25) is 5.02 Å². The molecule has 3 N–H and O–H groups in total. The Morgan fingerprint density at radius 2 is 1.85 bits per heavy atom. The minimum absolute atomic E-state index is 0.285. The van der Waals surface area contributed by atoms with Crippen LogP contribution in [0.3, 0.4) is 0 Å². The second-order valence-electron chi connectivity index (χ2n) is 7.04. The maximum atomic E-state index is 12.8. The summed E-state index contributed by atoms with van der Waals surface area (Å²) in [6.07, 6.45) is 4.83. The van der Waals surface area contributed by atoms with Crippen LogP contribution in [0.1, 0.15) is 44.2 Å². The van der Waals surface area contributed by atoms with Crippen LogP contribution in [-0.2, 0) is 9.53 Å².